The van der Waals surface area contributed by atoms with Gasteiger partial charge in [-0.1, -0.05) is 5.16 Å². The van der Waals surface area contributed by atoms with Gasteiger partial charge in [-0.15, -0.1) is 0 Å². The molecule has 0 radical (unpaired) electrons. The highest BCUT2D eigenvalue weighted by molar-refractivity contribution is 5.85. The minimum Gasteiger partial charge on any atom is -0.411 e. The van der Waals surface area contributed by atoms with Crippen LogP contribution < -0.4 is 0 Å². The van der Waals surface area contributed by atoms with Crippen molar-refractivity contribution in [1.82, 2.24) is 0 Å². The van der Waals surface area contributed by atoms with Crippen LogP contribution >= 0.6 is 0 Å². The molecule has 0 aromatic rings. The van der Waals surface area contributed by atoms with Crippen molar-refractivity contribution in [1.29, 1.82) is 0 Å². The topological polar surface area (TPSA) is 51.1 Å². The van der Waals surface area contributed by atoms with Gasteiger partial charge in [0.2, 0.25) is 0 Å². The van der Waals surface area contributed by atoms with Gasteiger partial charge in [0.1, 0.15) is 0 Å². The zero-order valence-corrected chi connectivity index (χ0v) is 8.82. The lowest BCUT2D eigenvalue weighted by Crippen LogP contribution is -2.43. The monoisotopic (exact) mass is 211 g/mol. The Morgan fingerprint density at radius 2 is 1.73 bits per heavy atom. The molecule has 2 aliphatic carbocycles. The summed E-state index contributed by atoms with van der Waals surface area (Å²) in [4.78, 5) is 0. The zero-order chi connectivity index (χ0) is 10.3. The molecule has 2 bridgehead atoms. The van der Waals surface area contributed by atoms with Crippen molar-refractivity contribution in [3.8, 4) is 0 Å². The Bertz CT molecular complexity index is 266. The van der Waals surface area contributed by atoms with Crippen LogP contribution in [0, 0.1) is 11.8 Å². The predicted octanol–water partition coefficient (Wildman–Crippen LogP) is 1.77. The molecule has 0 amide bonds. The lowest BCUT2D eigenvalue weighted by Gasteiger charge is -2.43. The minimum atomic E-state index is -0.283. The van der Waals surface area contributed by atoms with Gasteiger partial charge in [0.15, 0.2) is 5.79 Å². The van der Waals surface area contributed by atoms with E-state index in [0.717, 1.165) is 44.6 Å². The maximum Gasteiger partial charge on any atom is 0.169 e. The molecule has 3 fully saturated rings. The Morgan fingerprint density at radius 1 is 1.13 bits per heavy atom. The van der Waals surface area contributed by atoms with Crippen LogP contribution in [-0.2, 0) is 9.47 Å². The fraction of sp³-hybridized carbons (Fsp3) is 0.909. The predicted molar refractivity (Wildman–Crippen MR) is 53.9 cm³/mol. The zero-order valence-electron chi connectivity index (χ0n) is 8.82. The Hall–Kier alpha value is -0.610. The van der Waals surface area contributed by atoms with Crippen molar-refractivity contribution in [3.63, 3.8) is 0 Å². The van der Waals surface area contributed by atoms with E-state index in [1.165, 1.54) is 6.42 Å². The van der Waals surface area contributed by atoms with Gasteiger partial charge in [0, 0.05) is 12.8 Å². The van der Waals surface area contributed by atoms with Gasteiger partial charge < -0.3 is 14.7 Å². The van der Waals surface area contributed by atoms with Crippen molar-refractivity contribution < 1.29 is 14.7 Å². The first-order valence-corrected chi connectivity index (χ1v) is 5.77. The molecule has 3 rings (SSSR count). The molecule has 2 unspecified atom stereocenters. The summed E-state index contributed by atoms with van der Waals surface area (Å²) in [5.41, 5.74) is 0.962. The number of ether oxygens (including phenoxy) is 2. The van der Waals surface area contributed by atoms with Crippen molar-refractivity contribution in [2.45, 2.75) is 37.9 Å². The molecule has 1 heterocycles. The highest BCUT2D eigenvalue weighted by Crippen LogP contribution is 2.47. The summed E-state index contributed by atoms with van der Waals surface area (Å²) >= 11 is 0. The normalized spacial score (nSPS) is 38.3. The molecular formula is C11H17NO3. The molecule has 0 aromatic heterocycles. The van der Waals surface area contributed by atoms with Gasteiger partial charge in [-0.3, -0.25) is 0 Å². The summed E-state index contributed by atoms with van der Waals surface area (Å²) in [6.07, 6.45) is 5.03. The molecule has 2 saturated carbocycles. The molecule has 0 aromatic carbocycles. The van der Waals surface area contributed by atoms with Gasteiger partial charge >= 0.3 is 0 Å². The fourth-order valence-electron chi connectivity index (χ4n) is 3.48. The van der Waals surface area contributed by atoms with Crippen LogP contribution in [0.15, 0.2) is 5.16 Å². The van der Waals surface area contributed by atoms with E-state index in [4.69, 9.17) is 14.7 Å². The van der Waals surface area contributed by atoms with Crippen molar-refractivity contribution in [3.05, 3.63) is 0 Å². The summed E-state index contributed by atoms with van der Waals surface area (Å²) in [6, 6.07) is 0. The average molecular weight is 211 g/mol. The van der Waals surface area contributed by atoms with Crippen LogP contribution in [0.25, 0.3) is 0 Å². The maximum absolute atomic E-state index is 8.83. The lowest BCUT2D eigenvalue weighted by atomic mass is 9.69. The van der Waals surface area contributed by atoms with Gasteiger partial charge in [0.05, 0.1) is 18.9 Å². The lowest BCUT2D eigenvalue weighted by molar-refractivity contribution is -0.198. The van der Waals surface area contributed by atoms with Crippen LogP contribution in [0.4, 0.5) is 0 Å². The quantitative estimate of drug-likeness (QED) is 0.490. The van der Waals surface area contributed by atoms with E-state index in [9.17, 15) is 0 Å². The van der Waals surface area contributed by atoms with Crippen LogP contribution in [-0.4, -0.2) is 29.9 Å². The van der Waals surface area contributed by atoms with Gasteiger partial charge in [-0.05, 0) is 31.1 Å². The molecule has 1 spiro atoms. The third-order valence-electron chi connectivity index (χ3n) is 3.87. The number of hydrogen-bond acceptors (Lipinski definition) is 4. The Kier molecular flexibility index (Phi) is 2.21. The molecule has 4 nitrogen and oxygen atoms in total. The van der Waals surface area contributed by atoms with Crippen molar-refractivity contribution in [2.75, 3.05) is 13.2 Å². The molecule has 1 saturated heterocycles. The van der Waals surface area contributed by atoms with E-state index in [-0.39, 0.29) is 5.79 Å². The van der Waals surface area contributed by atoms with Crippen LogP contribution in [0.1, 0.15) is 32.1 Å². The molecule has 1 N–H and O–H groups in total. The first kappa shape index (κ1) is 9.60. The largest absolute Gasteiger partial charge is 0.411 e. The first-order valence-electron chi connectivity index (χ1n) is 5.77. The number of oxime groups is 1. The smallest absolute Gasteiger partial charge is 0.169 e. The fourth-order valence-corrected chi connectivity index (χ4v) is 3.48. The van der Waals surface area contributed by atoms with Gasteiger partial charge in [-0.25, -0.2) is 0 Å². The second-order valence-electron chi connectivity index (χ2n) is 5.06. The molecular weight excluding hydrogens is 194 g/mol. The highest BCUT2D eigenvalue weighted by Gasteiger charge is 2.47. The average Bonchev–Trinajstić information content (AvgIpc) is 2.64. The first-order chi connectivity index (χ1) is 7.30. The standard InChI is InChI=1S/C11H17NO3/c13-12-10-4-8-3-9(5-10)7-11(6-8)14-1-2-15-11/h8-9,13H,1-7H2. The second-order valence-corrected chi connectivity index (χ2v) is 5.06. The van der Waals surface area contributed by atoms with E-state index in [1.807, 2.05) is 0 Å². The van der Waals surface area contributed by atoms with E-state index in [1.54, 1.807) is 0 Å². The van der Waals surface area contributed by atoms with Gasteiger partial charge in [0.25, 0.3) is 0 Å². The summed E-state index contributed by atoms with van der Waals surface area (Å²) < 4.78 is 11.5. The van der Waals surface area contributed by atoms with Gasteiger partial charge in [-0.2, -0.15) is 0 Å². The summed E-state index contributed by atoms with van der Waals surface area (Å²) in [6.45, 7) is 1.47. The molecule has 2 atom stereocenters. The molecule has 3 aliphatic rings. The summed E-state index contributed by atoms with van der Waals surface area (Å²) in [7, 11) is 0. The number of rotatable bonds is 0. The highest BCUT2D eigenvalue weighted by atomic mass is 16.7. The van der Waals surface area contributed by atoms with E-state index < -0.39 is 0 Å². The van der Waals surface area contributed by atoms with Crippen LogP contribution in [0.2, 0.25) is 0 Å². The van der Waals surface area contributed by atoms with E-state index in [2.05, 4.69) is 5.16 Å². The molecule has 84 valence electrons. The van der Waals surface area contributed by atoms with Crippen molar-refractivity contribution in [2.24, 2.45) is 17.0 Å². The molecule has 1 aliphatic heterocycles. The van der Waals surface area contributed by atoms with Crippen LogP contribution in [0.3, 0.4) is 0 Å². The van der Waals surface area contributed by atoms with E-state index >= 15 is 0 Å². The third kappa shape index (κ3) is 1.66. The second kappa shape index (κ2) is 3.46. The Labute approximate surface area is 89.2 Å². The Balaban J connectivity index is 1.77. The minimum absolute atomic E-state index is 0.283. The maximum atomic E-state index is 8.83. The third-order valence-corrected chi connectivity index (χ3v) is 3.87. The Morgan fingerprint density at radius 3 is 2.27 bits per heavy atom. The number of hydrogen-bond donors (Lipinski definition) is 1. The van der Waals surface area contributed by atoms with E-state index in [0.29, 0.717) is 11.8 Å². The van der Waals surface area contributed by atoms with Crippen molar-refractivity contribution >= 4 is 5.71 Å². The number of nitrogens with zero attached hydrogens (tertiary/aromatic N) is 1. The summed E-state index contributed by atoms with van der Waals surface area (Å²) in [5, 5.41) is 12.2. The SMILES string of the molecule is ON=C1CC2CC(C1)CC1(C2)OCCO1. The number of fused-ring (bicyclic) bond motifs is 2. The van der Waals surface area contributed by atoms with Crippen LogP contribution in [0.5, 0.6) is 0 Å². The summed E-state index contributed by atoms with van der Waals surface area (Å²) in [5.74, 6) is 0.886. The molecule has 15 heavy (non-hydrogen) atoms. The molecule has 4 heteroatoms.